The molecular formula is C20H22N4O6. The van der Waals surface area contributed by atoms with E-state index in [9.17, 15) is 14.4 Å². The van der Waals surface area contributed by atoms with Gasteiger partial charge in [-0.25, -0.2) is 14.6 Å². The molecule has 1 amide bonds. The normalized spacial score (nSPS) is 11.2. The number of ether oxygens (including phenoxy) is 1. The van der Waals surface area contributed by atoms with Gasteiger partial charge in [0.05, 0.1) is 17.9 Å². The predicted octanol–water partition coefficient (Wildman–Crippen LogP) is 0.305. The van der Waals surface area contributed by atoms with Crippen molar-refractivity contribution < 1.29 is 29.3 Å². The first kappa shape index (κ1) is 22.4. The van der Waals surface area contributed by atoms with Gasteiger partial charge < -0.3 is 31.7 Å². The number of carboxylic acids is 1. The van der Waals surface area contributed by atoms with E-state index in [1.165, 1.54) is 12.1 Å². The minimum atomic E-state index is -1.33. The monoisotopic (exact) mass is 414 g/mol. The van der Waals surface area contributed by atoms with Gasteiger partial charge in [0.15, 0.2) is 5.96 Å². The number of aliphatic hydroxyl groups excluding tert-OH is 1. The highest BCUT2D eigenvalue weighted by atomic mass is 16.5. The maximum Gasteiger partial charge on any atom is 0.343 e. The Labute approximate surface area is 172 Å². The van der Waals surface area contributed by atoms with Gasteiger partial charge in [-0.05, 0) is 48.4 Å². The van der Waals surface area contributed by atoms with Crippen LogP contribution in [-0.4, -0.2) is 46.7 Å². The second kappa shape index (κ2) is 10.6. The quantitative estimate of drug-likeness (QED) is 0.168. The van der Waals surface area contributed by atoms with Crippen LogP contribution in [0.25, 0.3) is 0 Å². The van der Waals surface area contributed by atoms with Gasteiger partial charge in [0.25, 0.3) is 0 Å². The Bertz CT molecular complexity index is 921. The van der Waals surface area contributed by atoms with Crippen LogP contribution in [0.5, 0.6) is 5.75 Å². The van der Waals surface area contributed by atoms with E-state index < -0.39 is 30.5 Å². The fourth-order valence-electron chi connectivity index (χ4n) is 2.42. The van der Waals surface area contributed by atoms with Gasteiger partial charge >= 0.3 is 11.9 Å². The zero-order chi connectivity index (χ0) is 22.1. The number of hydrogen-bond acceptors (Lipinski definition) is 6. The number of nitrogens with one attached hydrogen (secondary N) is 1. The van der Waals surface area contributed by atoms with Crippen molar-refractivity contribution >= 4 is 29.5 Å². The zero-order valence-corrected chi connectivity index (χ0v) is 15.9. The fourth-order valence-corrected chi connectivity index (χ4v) is 2.42. The summed E-state index contributed by atoms with van der Waals surface area (Å²) in [6.07, 6.45) is 0.398. The number of nitrogens with zero attached hydrogens (tertiary/aromatic N) is 1. The number of carbonyl (C=O) groups is 3. The van der Waals surface area contributed by atoms with Crippen LogP contribution in [0, 0.1) is 0 Å². The van der Waals surface area contributed by atoms with E-state index in [2.05, 4.69) is 10.3 Å². The third-order valence-corrected chi connectivity index (χ3v) is 3.95. The molecule has 0 spiro atoms. The largest absolute Gasteiger partial charge is 0.480 e. The molecule has 2 rings (SSSR count). The number of rotatable bonds is 9. The van der Waals surface area contributed by atoms with E-state index in [-0.39, 0.29) is 12.4 Å². The Hall–Kier alpha value is -3.92. The van der Waals surface area contributed by atoms with E-state index in [4.69, 9.17) is 26.4 Å². The Morgan fingerprint density at radius 2 is 1.67 bits per heavy atom. The molecule has 0 fully saturated rings. The molecule has 2 aromatic carbocycles. The molecule has 0 saturated heterocycles. The van der Waals surface area contributed by atoms with Crippen LogP contribution in [0.3, 0.4) is 0 Å². The second-order valence-electron chi connectivity index (χ2n) is 6.26. The summed E-state index contributed by atoms with van der Waals surface area (Å²) in [5, 5.41) is 19.9. The number of aryl methyl sites for hydroxylation is 1. The molecule has 10 nitrogen and oxygen atoms in total. The highest BCUT2D eigenvalue weighted by molar-refractivity contribution is 5.91. The van der Waals surface area contributed by atoms with Crippen LogP contribution in [0.2, 0.25) is 0 Å². The number of aliphatic hydroxyl groups is 1. The molecule has 0 aliphatic carbocycles. The lowest BCUT2D eigenvalue weighted by Crippen LogP contribution is -2.43. The number of hydrogen-bond donors (Lipinski definition) is 5. The SMILES string of the molecule is NC(N)=Nc1ccc(C(=O)Oc2ccc(CCC(=O)N[C@@H](CO)C(=O)O)cc2)cc1. The maximum absolute atomic E-state index is 12.2. The molecule has 2 aromatic rings. The standard InChI is InChI=1S/C20H22N4O6/c21-20(22)23-14-6-4-13(5-7-14)19(29)30-15-8-1-12(2-9-15)3-10-17(26)24-16(11-25)18(27)28/h1-2,4-9,16,25H,3,10-11H2,(H,24,26)(H,27,28)(H4,21,22,23)/t16-/m0/s1. The maximum atomic E-state index is 12.2. The number of carbonyl (C=O) groups excluding carboxylic acids is 2. The third kappa shape index (κ3) is 6.91. The molecule has 0 saturated carbocycles. The summed E-state index contributed by atoms with van der Waals surface area (Å²) in [7, 11) is 0. The fraction of sp³-hybridized carbons (Fsp3) is 0.200. The molecule has 158 valence electrons. The molecule has 10 heteroatoms. The minimum absolute atomic E-state index is 0.0467. The summed E-state index contributed by atoms with van der Waals surface area (Å²) in [6.45, 7) is -0.682. The van der Waals surface area contributed by atoms with E-state index >= 15 is 0 Å². The van der Waals surface area contributed by atoms with Crippen molar-refractivity contribution in [2.45, 2.75) is 18.9 Å². The summed E-state index contributed by atoms with van der Waals surface area (Å²) < 4.78 is 5.30. The van der Waals surface area contributed by atoms with Crippen molar-refractivity contribution in [1.29, 1.82) is 0 Å². The average Bonchev–Trinajstić information content (AvgIpc) is 2.71. The Kier molecular flexibility index (Phi) is 7.89. The lowest BCUT2D eigenvalue weighted by atomic mass is 10.1. The van der Waals surface area contributed by atoms with E-state index in [1.807, 2.05) is 0 Å². The van der Waals surface area contributed by atoms with Crippen LogP contribution >= 0.6 is 0 Å². The van der Waals surface area contributed by atoms with Gasteiger partial charge in [0.2, 0.25) is 5.91 Å². The Morgan fingerprint density at radius 1 is 1.03 bits per heavy atom. The average molecular weight is 414 g/mol. The molecule has 0 aromatic heterocycles. The topological polar surface area (TPSA) is 177 Å². The number of guanidine groups is 1. The van der Waals surface area contributed by atoms with E-state index in [1.54, 1.807) is 36.4 Å². The highest BCUT2D eigenvalue weighted by Gasteiger charge is 2.18. The summed E-state index contributed by atoms with van der Waals surface area (Å²) in [5.41, 5.74) is 12.2. The van der Waals surface area contributed by atoms with Gasteiger partial charge in [0.1, 0.15) is 11.8 Å². The van der Waals surface area contributed by atoms with Crippen molar-refractivity contribution in [1.82, 2.24) is 5.32 Å². The molecule has 7 N–H and O–H groups in total. The number of amides is 1. The van der Waals surface area contributed by atoms with Gasteiger partial charge in [-0.3, -0.25) is 4.79 Å². The van der Waals surface area contributed by atoms with Crippen molar-refractivity contribution in [3.05, 3.63) is 59.7 Å². The highest BCUT2D eigenvalue weighted by Crippen LogP contribution is 2.17. The molecule has 1 atom stereocenters. The van der Waals surface area contributed by atoms with Crippen LogP contribution in [0.15, 0.2) is 53.5 Å². The molecule has 0 unspecified atom stereocenters. The first-order chi connectivity index (χ1) is 14.3. The van der Waals surface area contributed by atoms with E-state index in [0.29, 0.717) is 23.4 Å². The van der Waals surface area contributed by atoms with Gasteiger partial charge in [-0.2, -0.15) is 0 Å². The number of nitrogens with two attached hydrogens (primary N) is 2. The molecule has 0 radical (unpaired) electrons. The zero-order valence-electron chi connectivity index (χ0n) is 15.9. The number of benzene rings is 2. The molecule has 0 heterocycles. The minimum Gasteiger partial charge on any atom is -0.480 e. The van der Waals surface area contributed by atoms with Gasteiger partial charge in [0, 0.05) is 6.42 Å². The summed E-state index contributed by atoms with van der Waals surface area (Å²) >= 11 is 0. The Morgan fingerprint density at radius 3 is 2.20 bits per heavy atom. The summed E-state index contributed by atoms with van der Waals surface area (Å²) in [5.74, 6) is -2.10. The number of aliphatic carboxylic acids is 1. The van der Waals surface area contributed by atoms with Crippen LogP contribution < -0.4 is 21.5 Å². The first-order valence-corrected chi connectivity index (χ1v) is 8.92. The molecule has 0 bridgehead atoms. The Balaban J connectivity index is 1.88. The number of aliphatic imine (C=N–C) groups is 1. The third-order valence-electron chi connectivity index (χ3n) is 3.95. The van der Waals surface area contributed by atoms with Crippen LogP contribution in [0.1, 0.15) is 22.3 Å². The number of esters is 1. The smallest absolute Gasteiger partial charge is 0.343 e. The molecule has 0 aliphatic rings. The predicted molar refractivity (Wildman–Crippen MR) is 108 cm³/mol. The van der Waals surface area contributed by atoms with Gasteiger partial charge in [-0.15, -0.1) is 0 Å². The van der Waals surface area contributed by atoms with Crippen molar-refractivity contribution in [3.8, 4) is 5.75 Å². The molecule has 0 aliphatic heterocycles. The lowest BCUT2D eigenvalue weighted by molar-refractivity contribution is -0.142. The van der Waals surface area contributed by atoms with Crippen LogP contribution in [0.4, 0.5) is 5.69 Å². The first-order valence-electron chi connectivity index (χ1n) is 8.92. The summed E-state index contributed by atoms with van der Waals surface area (Å²) in [4.78, 5) is 38.6. The lowest BCUT2D eigenvalue weighted by Gasteiger charge is -2.11. The molecular weight excluding hydrogens is 392 g/mol. The molecule has 30 heavy (non-hydrogen) atoms. The van der Waals surface area contributed by atoms with E-state index in [0.717, 1.165) is 5.56 Å². The number of carboxylic acid groups (broad SMARTS) is 1. The van der Waals surface area contributed by atoms with Crippen molar-refractivity contribution in [3.63, 3.8) is 0 Å². The van der Waals surface area contributed by atoms with Gasteiger partial charge in [-0.1, -0.05) is 12.1 Å². The van der Waals surface area contributed by atoms with Crippen LogP contribution in [-0.2, 0) is 16.0 Å². The van der Waals surface area contributed by atoms with Crippen molar-refractivity contribution in [2.75, 3.05) is 6.61 Å². The second-order valence-corrected chi connectivity index (χ2v) is 6.26. The van der Waals surface area contributed by atoms with Crippen molar-refractivity contribution in [2.24, 2.45) is 16.5 Å². The summed E-state index contributed by atoms with van der Waals surface area (Å²) in [6, 6.07) is 11.5.